The van der Waals surface area contributed by atoms with Crippen LogP contribution < -0.4 is 0 Å². The van der Waals surface area contributed by atoms with Gasteiger partial charge in [-0.1, -0.05) is 19.8 Å². The van der Waals surface area contributed by atoms with Crippen LogP contribution in [0.3, 0.4) is 0 Å². The molecule has 0 aromatic carbocycles. The molecule has 1 aromatic rings. The van der Waals surface area contributed by atoms with Gasteiger partial charge in [0.05, 0.1) is 0 Å². The lowest BCUT2D eigenvalue weighted by Gasteiger charge is -2.18. The predicted molar refractivity (Wildman–Crippen MR) is 70.7 cm³/mol. The van der Waals surface area contributed by atoms with Crippen LogP contribution in [0.5, 0.6) is 0 Å². The van der Waals surface area contributed by atoms with Crippen molar-refractivity contribution in [1.29, 1.82) is 0 Å². The minimum atomic E-state index is 0.599. The van der Waals surface area contributed by atoms with E-state index in [1.165, 1.54) is 50.8 Å². The molecule has 2 unspecified atom stereocenters. The van der Waals surface area contributed by atoms with Gasteiger partial charge in [-0.2, -0.15) is 5.10 Å². The molecule has 3 rings (SSSR count). The lowest BCUT2D eigenvalue weighted by atomic mass is 10.0. The minimum Gasteiger partial charge on any atom is -0.301 e. The van der Waals surface area contributed by atoms with Crippen molar-refractivity contribution in [1.82, 2.24) is 14.8 Å². The fourth-order valence-electron chi connectivity index (χ4n) is 3.02. The van der Waals surface area contributed by atoms with Crippen LogP contribution in [0.25, 0.3) is 0 Å². The van der Waals surface area contributed by atoms with Gasteiger partial charge in [0.25, 0.3) is 0 Å². The van der Waals surface area contributed by atoms with E-state index in [0.29, 0.717) is 12.0 Å². The smallest absolute Gasteiger partial charge is 0.195 e. The highest BCUT2D eigenvalue weighted by Crippen LogP contribution is 2.41. The first kappa shape index (κ1) is 11.5. The summed E-state index contributed by atoms with van der Waals surface area (Å²) >= 11 is 5.42. The molecule has 0 aliphatic heterocycles. The molecule has 1 aromatic heterocycles. The van der Waals surface area contributed by atoms with Crippen molar-refractivity contribution in [3.63, 3.8) is 0 Å². The number of aromatic amines is 1. The highest BCUT2D eigenvalue weighted by Gasteiger charge is 2.31. The summed E-state index contributed by atoms with van der Waals surface area (Å²) in [6.07, 6.45) is 9.18. The molecule has 2 aliphatic carbocycles. The zero-order chi connectivity index (χ0) is 11.8. The fourth-order valence-corrected chi connectivity index (χ4v) is 3.31. The van der Waals surface area contributed by atoms with E-state index in [9.17, 15) is 0 Å². The minimum absolute atomic E-state index is 0.599. The first-order valence-corrected chi connectivity index (χ1v) is 7.33. The summed E-state index contributed by atoms with van der Waals surface area (Å²) in [5, 5.41) is 7.45. The molecule has 1 N–H and O–H groups in total. The summed E-state index contributed by atoms with van der Waals surface area (Å²) in [6.45, 7) is 2.37. The summed E-state index contributed by atoms with van der Waals surface area (Å²) in [5.74, 6) is 2.80. The quantitative estimate of drug-likeness (QED) is 0.637. The monoisotopic (exact) mass is 251 g/mol. The predicted octanol–water partition coefficient (Wildman–Crippen LogP) is 3.96. The van der Waals surface area contributed by atoms with E-state index < -0.39 is 0 Å². The Labute approximate surface area is 108 Å². The van der Waals surface area contributed by atoms with Crippen molar-refractivity contribution >= 4 is 12.2 Å². The van der Waals surface area contributed by atoms with Crippen LogP contribution in [0.4, 0.5) is 0 Å². The Morgan fingerprint density at radius 3 is 2.76 bits per heavy atom. The van der Waals surface area contributed by atoms with E-state index in [2.05, 4.69) is 21.7 Å². The van der Waals surface area contributed by atoms with Gasteiger partial charge in [0, 0.05) is 12.0 Å². The van der Waals surface area contributed by atoms with E-state index in [1.54, 1.807) is 0 Å². The number of aromatic nitrogens is 3. The van der Waals surface area contributed by atoms with Gasteiger partial charge in [0.2, 0.25) is 0 Å². The number of H-pyrrole nitrogens is 1. The molecule has 0 radical (unpaired) electrons. The van der Waals surface area contributed by atoms with Crippen LogP contribution in [0.2, 0.25) is 0 Å². The van der Waals surface area contributed by atoms with E-state index in [4.69, 9.17) is 12.2 Å². The van der Waals surface area contributed by atoms with E-state index in [0.717, 1.165) is 10.7 Å². The van der Waals surface area contributed by atoms with Crippen molar-refractivity contribution < 1.29 is 0 Å². The van der Waals surface area contributed by atoms with Gasteiger partial charge in [-0.25, -0.2) is 0 Å². The molecule has 2 atom stereocenters. The molecule has 17 heavy (non-hydrogen) atoms. The molecule has 1 heterocycles. The van der Waals surface area contributed by atoms with Crippen molar-refractivity contribution in [3.05, 3.63) is 10.6 Å². The first-order chi connectivity index (χ1) is 8.25. The highest BCUT2D eigenvalue weighted by atomic mass is 32.1. The molecule has 4 heteroatoms. The molecule has 0 spiro atoms. The van der Waals surface area contributed by atoms with Crippen LogP contribution in [-0.2, 0) is 0 Å². The number of hydrogen-bond donors (Lipinski definition) is 1. The first-order valence-electron chi connectivity index (χ1n) is 6.92. The molecule has 94 valence electrons. The normalized spacial score (nSPS) is 30.2. The maximum atomic E-state index is 5.42. The Hall–Kier alpha value is -0.640. The van der Waals surface area contributed by atoms with E-state index in [1.807, 2.05) is 0 Å². The van der Waals surface area contributed by atoms with Gasteiger partial charge < -0.3 is 4.57 Å². The fraction of sp³-hybridized carbons (Fsp3) is 0.846. The Morgan fingerprint density at radius 1 is 1.18 bits per heavy atom. The summed E-state index contributed by atoms with van der Waals surface area (Å²) in [6, 6.07) is 0.599. The molecule has 2 aliphatic rings. The summed E-state index contributed by atoms with van der Waals surface area (Å²) < 4.78 is 3.18. The highest BCUT2D eigenvalue weighted by molar-refractivity contribution is 7.71. The average molecular weight is 251 g/mol. The Balaban J connectivity index is 1.86. The lowest BCUT2D eigenvalue weighted by molar-refractivity contribution is 0.417. The third-order valence-corrected chi connectivity index (χ3v) is 4.55. The third kappa shape index (κ3) is 2.32. The van der Waals surface area contributed by atoms with Crippen LogP contribution in [-0.4, -0.2) is 14.8 Å². The topological polar surface area (TPSA) is 33.6 Å². The third-order valence-electron chi connectivity index (χ3n) is 4.27. The Bertz CT molecular complexity index is 444. The number of nitrogens with one attached hydrogen (secondary N) is 1. The molecule has 2 fully saturated rings. The maximum absolute atomic E-state index is 5.42. The Morgan fingerprint density at radius 2 is 2.00 bits per heavy atom. The number of hydrogen-bond acceptors (Lipinski definition) is 2. The second-order valence-electron chi connectivity index (χ2n) is 5.80. The Kier molecular flexibility index (Phi) is 3.07. The van der Waals surface area contributed by atoms with Crippen LogP contribution in [0.15, 0.2) is 0 Å². The standard InChI is InChI=1S/C13H21N3S/c1-9-3-2-4-11(8-5-9)16-12(10-6-7-10)14-15-13(16)17/h9-11H,2-8H2,1H3,(H,15,17). The second kappa shape index (κ2) is 4.56. The molecule has 0 bridgehead atoms. The molecular formula is C13H21N3S. The molecular weight excluding hydrogens is 230 g/mol. The number of nitrogens with zero attached hydrogens (tertiary/aromatic N) is 2. The maximum Gasteiger partial charge on any atom is 0.195 e. The molecule has 0 saturated heterocycles. The van der Waals surface area contributed by atoms with Gasteiger partial charge in [0.15, 0.2) is 4.77 Å². The van der Waals surface area contributed by atoms with Crippen molar-refractivity contribution in [2.45, 2.75) is 63.8 Å². The largest absolute Gasteiger partial charge is 0.301 e. The molecule has 3 nitrogen and oxygen atoms in total. The number of rotatable bonds is 2. The summed E-state index contributed by atoms with van der Waals surface area (Å²) in [4.78, 5) is 0. The zero-order valence-electron chi connectivity index (χ0n) is 10.5. The molecule has 2 saturated carbocycles. The van der Waals surface area contributed by atoms with Crippen molar-refractivity contribution in [2.24, 2.45) is 5.92 Å². The average Bonchev–Trinajstić information content (AvgIpc) is 3.09. The van der Waals surface area contributed by atoms with Gasteiger partial charge in [-0.3, -0.25) is 5.10 Å². The van der Waals surface area contributed by atoms with Crippen LogP contribution in [0.1, 0.15) is 69.7 Å². The zero-order valence-corrected chi connectivity index (χ0v) is 11.3. The van der Waals surface area contributed by atoms with Crippen molar-refractivity contribution in [3.8, 4) is 0 Å². The summed E-state index contributed by atoms with van der Waals surface area (Å²) in [7, 11) is 0. The van der Waals surface area contributed by atoms with Gasteiger partial charge in [-0.05, 0) is 50.2 Å². The molecule has 0 amide bonds. The lowest BCUT2D eigenvalue weighted by Crippen LogP contribution is -2.11. The SMILES string of the molecule is CC1CCCC(n2c(C3CC3)n[nH]c2=S)CC1. The van der Waals surface area contributed by atoms with E-state index >= 15 is 0 Å². The van der Waals surface area contributed by atoms with Gasteiger partial charge in [0.1, 0.15) is 5.82 Å². The second-order valence-corrected chi connectivity index (χ2v) is 6.19. The van der Waals surface area contributed by atoms with Gasteiger partial charge in [-0.15, -0.1) is 0 Å². The summed E-state index contributed by atoms with van der Waals surface area (Å²) in [5.41, 5.74) is 0. The van der Waals surface area contributed by atoms with Crippen molar-refractivity contribution in [2.75, 3.05) is 0 Å². The van der Waals surface area contributed by atoms with Crippen LogP contribution in [0, 0.1) is 10.7 Å². The van der Waals surface area contributed by atoms with Crippen LogP contribution >= 0.6 is 12.2 Å². The van der Waals surface area contributed by atoms with Gasteiger partial charge >= 0.3 is 0 Å². The van der Waals surface area contributed by atoms with E-state index in [-0.39, 0.29) is 0 Å².